The minimum Gasteiger partial charge on any atom is -0.444 e. The van der Waals surface area contributed by atoms with E-state index in [9.17, 15) is 0 Å². The van der Waals surface area contributed by atoms with Crippen LogP contribution >= 0.6 is 0 Å². The molecule has 0 amide bonds. The van der Waals surface area contributed by atoms with E-state index in [1.165, 1.54) is 6.33 Å². The predicted molar refractivity (Wildman–Crippen MR) is 67.8 cm³/mol. The summed E-state index contributed by atoms with van der Waals surface area (Å²) in [7, 11) is 0. The molecule has 0 unspecified atom stereocenters. The van der Waals surface area contributed by atoms with E-state index in [0.29, 0.717) is 24.1 Å². The van der Waals surface area contributed by atoms with E-state index in [2.05, 4.69) is 25.7 Å². The van der Waals surface area contributed by atoms with Gasteiger partial charge in [-0.25, -0.2) is 20.8 Å². The number of aromatic nitrogens is 3. The van der Waals surface area contributed by atoms with Gasteiger partial charge < -0.3 is 15.2 Å². The van der Waals surface area contributed by atoms with Crippen molar-refractivity contribution in [1.29, 1.82) is 0 Å². The van der Waals surface area contributed by atoms with Gasteiger partial charge in [0.15, 0.2) is 0 Å². The molecule has 0 fully saturated rings. The zero-order valence-electron chi connectivity index (χ0n) is 10.4. The van der Waals surface area contributed by atoms with Crippen LogP contribution in [0.2, 0.25) is 0 Å². The largest absolute Gasteiger partial charge is 0.444 e. The summed E-state index contributed by atoms with van der Waals surface area (Å²) in [6, 6.07) is 0. The molecule has 0 aliphatic heterocycles. The van der Waals surface area contributed by atoms with E-state index in [-0.39, 0.29) is 0 Å². The smallest absolute Gasteiger partial charge is 0.213 e. The molecule has 2 aromatic rings. The summed E-state index contributed by atoms with van der Waals surface area (Å²) in [6.07, 6.45) is 4.01. The first-order valence-electron chi connectivity index (χ1n) is 5.70. The van der Waals surface area contributed by atoms with Crippen molar-refractivity contribution < 1.29 is 4.42 Å². The number of anilines is 2. The number of rotatable bonds is 5. The highest BCUT2D eigenvalue weighted by molar-refractivity contribution is 5.55. The molecule has 2 aromatic heterocycles. The summed E-state index contributed by atoms with van der Waals surface area (Å²) in [6.45, 7) is 4.37. The molecule has 0 aromatic carbocycles. The van der Waals surface area contributed by atoms with Gasteiger partial charge in [0.25, 0.3) is 0 Å². The molecule has 0 spiro atoms. The first-order chi connectivity index (χ1) is 8.74. The molecule has 4 N–H and O–H groups in total. The van der Waals surface area contributed by atoms with Crippen LogP contribution in [-0.4, -0.2) is 15.0 Å². The molecule has 2 heterocycles. The second kappa shape index (κ2) is 5.46. The van der Waals surface area contributed by atoms with Crippen LogP contribution in [-0.2, 0) is 13.0 Å². The number of nitrogen functional groups attached to an aromatic ring is 1. The zero-order valence-corrected chi connectivity index (χ0v) is 10.4. The summed E-state index contributed by atoms with van der Waals surface area (Å²) in [5.74, 6) is 8.15. The van der Waals surface area contributed by atoms with Gasteiger partial charge in [-0.2, -0.15) is 0 Å². The Kier molecular flexibility index (Phi) is 3.73. The van der Waals surface area contributed by atoms with Crippen LogP contribution in [0.3, 0.4) is 0 Å². The Labute approximate surface area is 105 Å². The van der Waals surface area contributed by atoms with Crippen LogP contribution in [0, 0.1) is 6.92 Å². The Balaban J connectivity index is 2.06. The van der Waals surface area contributed by atoms with Crippen molar-refractivity contribution in [2.45, 2.75) is 26.8 Å². The zero-order chi connectivity index (χ0) is 13.0. The number of aryl methyl sites for hydroxylation is 1. The lowest BCUT2D eigenvalue weighted by molar-refractivity contribution is 0.465. The van der Waals surface area contributed by atoms with E-state index in [1.807, 2.05) is 13.8 Å². The molecule has 0 aliphatic rings. The number of oxazole rings is 1. The molecule has 0 atom stereocenters. The third-order valence-electron chi connectivity index (χ3n) is 2.58. The highest BCUT2D eigenvalue weighted by Crippen LogP contribution is 2.17. The van der Waals surface area contributed by atoms with Gasteiger partial charge in [-0.1, -0.05) is 6.92 Å². The molecule has 0 aliphatic carbocycles. The molecule has 0 radical (unpaired) electrons. The summed E-state index contributed by atoms with van der Waals surface area (Å²) >= 11 is 0. The minimum absolute atomic E-state index is 0.474. The van der Waals surface area contributed by atoms with Gasteiger partial charge in [-0.3, -0.25) is 0 Å². The van der Waals surface area contributed by atoms with E-state index >= 15 is 0 Å². The maximum atomic E-state index is 5.49. The summed E-state index contributed by atoms with van der Waals surface area (Å²) in [4.78, 5) is 12.3. The highest BCUT2D eigenvalue weighted by Gasteiger charge is 2.07. The van der Waals surface area contributed by atoms with Crippen LogP contribution < -0.4 is 16.6 Å². The Bertz CT molecular complexity index is 524. The third-order valence-corrected chi connectivity index (χ3v) is 2.58. The molecule has 7 heteroatoms. The molecule has 96 valence electrons. The molecule has 7 nitrogen and oxygen atoms in total. The van der Waals surface area contributed by atoms with Crippen LogP contribution in [0.25, 0.3) is 0 Å². The lowest BCUT2D eigenvalue weighted by Gasteiger charge is -2.09. The minimum atomic E-state index is 0.474. The van der Waals surface area contributed by atoms with Crippen LogP contribution in [0.4, 0.5) is 11.6 Å². The van der Waals surface area contributed by atoms with Crippen molar-refractivity contribution in [2.24, 2.45) is 5.84 Å². The molecule has 18 heavy (non-hydrogen) atoms. The average molecular weight is 248 g/mol. The van der Waals surface area contributed by atoms with Crippen molar-refractivity contribution in [1.82, 2.24) is 15.0 Å². The van der Waals surface area contributed by atoms with Crippen molar-refractivity contribution in [2.75, 3.05) is 10.7 Å². The Morgan fingerprint density at radius 2 is 2.06 bits per heavy atom. The van der Waals surface area contributed by atoms with Crippen LogP contribution in [0.1, 0.15) is 24.1 Å². The quantitative estimate of drug-likeness (QED) is 0.540. The summed E-state index contributed by atoms with van der Waals surface area (Å²) < 4.78 is 5.49. The van der Waals surface area contributed by atoms with Crippen molar-refractivity contribution >= 4 is 11.6 Å². The second-order valence-electron chi connectivity index (χ2n) is 3.77. The van der Waals surface area contributed by atoms with Gasteiger partial charge in [-0.15, -0.1) is 0 Å². The Morgan fingerprint density at radius 1 is 1.28 bits per heavy atom. The summed E-state index contributed by atoms with van der Waals surface area (Å²) in [5, 5.41) is 3.14. The number of nitrogens with one attached hydrogen (secondary N) is 2. The van der Waals surface area contributed by atoms with E-state index < -0.39 is 0 Å². The fourth-order valence-electron chi connectivity index (χ4n) is 1.53. The van der Waals surface area contributed by atoms with Crippen molar-refractivity contribution in [3.8, 4) is 0 Å². The van der Waals surface area contributed by atoms with E-state index in [0.717, 1.165) is 17.7 Å². The fraction of sp³-hybridized carbons (Fsp3) is 0.364. The number of nitrogens with zero attached hydrogens (tertiary/aromatic N) is 3. The Hall–Kier alpha value is -2.15. The van der Waals surface area contributed by atoms with Crippen molar-refractivity contribution in [3.05, 3.63) is 29.7 Å². The van der Waals surface area contributed by atoms with Gasteiger partial charge in [0.1, 0.15) is 23.7 Å². The molecule has 0 saturated heterocycles. The number of nitrogens with two attached hydrogens (primary N) is 1. The maximum Gasteiger partial charge on any atom is 0.213 e. The first-order valence-corrected chi connectivity index (χ1v) is 5.70. The molecule has 2 rings (SSSR count). The molecular formula is C11H16N6O. The molecular weight excluding hydrogens is 232 g/mol. The lowest BCUT2D eigenvalue weighted by Crippen LogP contribution is -2.12. The topological polar surface area (TPSA) is 102 Å². The van der Waals surface area contributed by atoms with E-state index in [1.54, 1.807) is 6.20 Å². The second-order valence-corrected chi connectivity index (χ2v) is 3.77. The van der Waals surface area contributed by atoms with Crippen LogP contribution in [0.5, 0.6) is 0 Å². The lowest BCUT2D eigenvalue weighted by atomic mass is 10.3. The number of hydrogen-bond donors (Lipinski definition) is 3. The third kappa shape index (κ3) is 2.57. The predicted octanol–water partition coefficient (Wildman–Crippen LogP) is 1.23. The fourth-order valence-corrected chi connectivity index (χ4v) is 1.53. The van der Waals surface area contributed by atoms with Gasteiger partial charge in [0.05, 0.1) is 12.7 Å². The number of hydrazine groups is 1. The van der Waals surface area contributed by atoms with Gasteiger partial charge >= 0.3 is 0 Å². The molecule has 0 bridgehead atoms. The summed E-state index contributed by atoms with van der Waals surface area (Å²) in [5.41, 5.74) is 3.37. The van der Waals surface area contributed by atoms with Crippen LogP contribution in [0.15, 0.2) is 16.9 Å². The normalized spacial score (nSPS) is 10.4. The van der Waals surface area contributed by atoms with E-state index in [4.69, 9.17) is 10.3 Å². The number of hydrogen-bond acceptors (Lipinski definition) is 7. The van der Waals surface area contributed by atoms with Crippen molar-refractivity contribution in [3.63, 3.8) is 0 Å². The van der Waals surface area contributed by atoms with Gasteiger partial charge in [0.2, 0.25) is 5.89 Å². The maximum absolute atomic E-state index is 5.49. The first kappa shape index (κ1) is 12.3. The average Bonchev–Trinajstić information content (AvgIpc) is 2.85. The SMILES string of the molecule is CCc1cnc(CNc2ncnc(NN)c2C)o1. The standard InChI is InChI=1S/C11H16N6O/c1-3-8-4-13-9(18-8)5-14-10-7(2)11(17-12)16-6-15-10/h4,6H,3,5,12H2,1-2H3,(H2,14,15,16,17). The Morgan fingerprint density at radius 3 is 2.72 bits per heavy atom. The monoisotopic (exact) mass is 248 g/mol. The molecule has 0 saturated carbocycles. The van der Waals surface area contributed by atoms with Gasteiger partial charge in [0, 0.05) is 12.0 Å². The highest BCUT2D eigenvalue weighted by atomic mass is 16.4. The van der Waals surface area contributed by atoms with Gasteiger partial charge in [-0.05, 0) is 6.92 Å².